The Morgan fingerprint density at radius 2 is 2.13 bits per heavy atom. The van der Waals surface area contributed by atoms with Crippen molar-refractivity contribution in [2.24, 2.45) is 0 Å². The molecule has 0 atom stereocenters. The van der Waals surface area contributed by atoms with Gasteiger partial charge in [-0.1, -0.05) is 12.7 Å². The summed E-state index contributed by atoms with van der Waals surface area (Å²) >= 11 is 0. The second-order valence-corrected chi connectivity index (χ2v) is 3.18. The average Bonchev–Trinajstić information content (AvgIpc) is 2.21. The molecular formula is C11H17N3O. The zero-order valence-corrected chi connectivity index (χ0v) is 9.50. The van der Waals surface area contributed by atoms with Crippen LogP contribution in [-0.2, 0) is 0 Å². The third-order valence-electron chi connectivity index (χ3n) is 1.90. The number of rotatable bonds is 5. The Balaban J connectivity index is 2.98. The van der Waals surface area contributed by atoms with E-state index in [1.807, 2.05) is 20.8 Å². The van der Waals surface area contributed by atoms with Gasteiger partial charge < -0.3 is 10.1 Å². The van der Waals surface area contributed by atoms with Gasteiger partial charge in [0.2, 0.25) is 5.88 Å². The van der Waals surface area contributed by atoms with Gasteiger partial charge in [0.15, 0.2) is 0 Å². The largest absolute Gasteiger partial charge is 0.473 e. The van der Waals surface area contributed by atoms with E-state index >= 15 is 0 Å². The Kier molecular flexibility index (Phi) is 4.09. The number of aromatic nitrogens is 2. The molecule has 0 unspecified atom stereocenters. The van der Waals surface area contributed by atoms with E-state index < -0.39 is 0 Å². The summed E-state index contributed by atoms with van der Waals surface area (Å²) in [6, 6.07) is 0. The van der Waals surface area contributed by atoms with E-state index in [1.165, 1.54) is 0 Å². The molecule has 0 radical (unpaired) electrons. The molecule has 0 fully saturated rings. The molecule has 0 amide bonds. The fourth-order valence-electron chi connectivity index (χ4n) is 1.22. The van der Waals surface area contributed by atoms with Crippen LogP contribution in [0.5, 0.6) is 5.88 Å². The van der Waals surface area contributed by atoms with Gasteiger partial charge in [-0.15, -0.1) is 0 Å². The number of ether oxygens (including phenoxy) is 1. The summed E-state index contributed by atoms with van der Waals surface area (Å²) in [7, 11) is 0. The van der Waals surface area contributed by atoms with Gasteiger partial charge in [0.25, 0.3) is 0 Å². The molecule has 1 aromatic heterocycles. The van der Waals surface area contributed by atoms with Crippen molar-refractivity contribution in [1.29, 1.82) is 0 Å². The molecular weight excluding hydrogens is 190 g/mol. The maximum absolute atomic E-state index is 5.44. The van der Waals surface area contributed by atoms with Crippen LogP contribution in [0.25, 0.3) is 0 Å². The summed E-state index contributed by atoms with van der Waals surface area (Å²) in [5.74, 6) is 2.16. The van der Waals surface area contributed by atoms with Gasteiger partial charge in [0.05, 0.1) is 5.56 Å². The van der Waals surface area contributed by atoms with Crippen LogP contribution in [0.4, 0.5) is 5.82 Å². The third-order valence-corrected chi connectivity index (χ3v) is 1.90. The van der Waals surface area contributed by atoms with Crippen molar-refractivity contribution in [3.63, 3.8) is 0 Å². The van der Waals surface area contributed by atoms with E-state index in [0.29, 0.717) is 18.3 Å². The van der Waals surface area contributed by atoms with Gasteiger partial charge in [-0.05, 0) is 20.8 Å². The lowest BCUT2D eigenvalue weighted by Crippen LogP contribution is -2.07. The first kappa shape index (κ1) is 11.5. The second kappa shape index (κ2) is 5.34. The predicted molar refractivity (Wildman–Crippen MR) is 61.4 cm³/mol. The van der Waals surface area contributed by atoms with Gasteiger partial charge in [0.1, 0.15) is 18.2 Å². The number of hydrogen-bond donors (Lipinski definition) is 1. The highest BCUT2D eigenvalue weighted by Crippen LogP contribution is 2.21. The van der Waals surface area contributed by atoms with Crippen LogP contribution in [0.1, 0.15) is 18.3 Å². The molecule has 0 aliphatic heterocycles. The first-order chi connectivity index (χ1) is 7.19. The summed E-state index contributed by atoms with van der Waals surface area (Å²) in [6.07, 6.45) is 1.70. The molecule has 0 saturated carbocycles. The van der Waals surface area contributed by atoms with Crippen LogP contribution in [0.2, 0.25) is 0 Å². The standard InChI is InChI=1S/C11H17N3O/c1-5-7-15-11-8(3)10(12-6-2)13-9(4)14-11/h5H,1,6-7H2,2-4H3,(H,12,13,14). The van der Waals surface area contributed by atoms with E-state index in [4.69, 9.17) is 4.74 Å². The summed E-state index contributed by atoms with van der Waals surface area (Å²) < 4.78 is 5.44. The van der Waals surface area contributed by atoms with Crippen LogP contribution >= 0.6 is 0 Å². The van der Waals surface area contributed by atoms with Crippen molar-refractivity contribution >= 4 is 5.82 Å². The van der Waals surface area contributed by atoms with Crippen LogP contribution < -0.4 is 10.1 Å². The Labute approximate surface area is 90.4 Å². The minimum atomic E-state index is 0.461. The van der Waals surface area contributed by atoms with Crippen molar-refractivity contribution < 1.29 is 4.74 Å². The lowest BCUT2D eigenvalue weighted by Gasteiger charge is -2.11. The molecule has 0 aliphatic rings. The van der Waals surface area contributed by atoms with Gasteiger partial charge in [-0.2, -0.15) is 4.98 Å². The van der Waals surface area contributed by atoms with Gasteiger partial charge in [-0.25, -0.2) is 4.98 Å². The number of nitrogens with zero attached hydrogens (tertiary/aromatic N) is 2. The SMILES string of the molecule is C=CCOc1nc(C)nc(NCC)c1C. The molecule has 1 aromatic rings. The molecule has 4 nitrogen and oxygen atoms in total. The Morgan fingerprint density at radius 3 is 2.73 bits per heavy atom. The van der Waals surface area contributed by atoms with Crippen molar-refractivity contribution in [1.82, 2.24) is 9.97 Å². The normalized spacial score (nSPS) is 9.80. The molecule has 0 aromatic carbocycles. The number of nitrogens with one attached hydrogen (secondary N) is 1. The van der Waals surface area contributed by atoms with Crippen LogP contribution in [0, 0.1) is 13.8 Å². The first-order valence-electron chi connectivity index (χ1n) is 5.01. The lowest BCUT2D eigenvalue weighted by molar-refractivity contribution is 0.344. The Hall–Kier alpha value is -1.58. The quantitative estimate of drug-likeness (QED) is 0.751. The van der Waals surface area contributed by atoms with Crippen LogP contribution in [-0.4, -0.2) is 23.1 Å². The Morgan fingerprint density at radius 1 is 1.40 bits per heavy atom. The molecule has 0 spiro atoms. The van der Waals surface area contributed by atoms with Crippen molar-refractivity contribution in [2.75, 3.05) is 18.5 Å². The number of anilines is 1. The van der Waals surface area contributed by atoms with Gasteiger partial charge in [0, 0.05) is 6.54 Å². The molecule has 1 rings (SSSR count). The van der Waals surface area contributed by atoms with Crippen molar-refractivity contribution in [3.8, 4) is 5.88 Å². The number of aryl methyl sites for hydroxylation is 1. The van der Waals surface area contributed by atoms with Crippen molar-refractivity contribution in [3.05, 3.63) is 24.0 Å². The first-order valence-corrected chi connectivity index (χ1v) is 5.01. The molecule has 15 heavy (non-hydrogen) atoms. The predicted octanol–water partition coefficient (Wildman–Crippen LogP) is 2.09. The van der Waals surface area contributed by atoms with Crippen LogP contribution in [0.15, 0.2) is 12.7 Å². The highest BCUT2D eigenvalue weighted by atomic mass is 16.5. The molecule has 4 heteroatoms. The van der Waals surface area contributed by atoms with E-state index in [-0.39, 0.29) is 0 Å². The highest BCUT2D eigenvalue weighted by molar-refractivity contribution is 5.48. The summed E-state index contributed by atoms with van der Waals surface area (Å²) in [4.78, 5) is 8.54. The zero-order valence-electron chi connectivity index (χ0n) is 9.50. The maximum atomic E-state index is 5.44. The van der Waals surface area contributed by atoms with E-state index in [0.717, 1.165) is 17.9 Å². The van der Waals surface area contributed by atoms with E-state index in [2.05, 4.69) is 21.9 Å². The highest BCUT2D eigenvalue weighted by Gasteiger charge is 2.08. The molecule has 0 aliphatic carbocycles. The topological polar surface area (TPSA) is 47.0 Å². The smallest absolute Gasteiger partial charge is 0.222 e. The van der Waals surface area contributed by atoms with Gasteiger partial charge >= 0.3 is 0 Å². The second-order valence-electron chi connectivity index (χ2n) is 3.18. The summed E-state index contributed by atoms with van der Waals surface area (Å²) in [6.45, 7) is 10.7. The monoisotopic (exact) mass is 207 g/mol. The van der Waals surface area contributed by atoms with E-state index in [9.17, 15) is 0 Å². The summed E-state index contributed by atoms with van der Waals surface area (Å²) in [5.41, 5.74) is 0.935. The van der Waals surface area contributed by atoms with Crippen LogP contribution in [0.3, 0.4) is 0 Å². The Bertz CT molecular complexity index is 350. The fraction of sp³-hybridized carbons (Fsp3) is 0.455. The fourth-order valence-corrected chi connectivity index (χ4v) is 1.22. The summed E-state index contributed by atoms with van der Waals surface area (Å²) in [5, 5.41) is 3.18. The maximum Gasteiger partial charge on any atom is 0.222 e. The molecule has 1 N–H and O–H groups in total. The molecule has 82 valence electrons. The minimum Gasteiger partial charge on any atom is -0.473 e. The average molecular weight is 207 g/mol. The zero-order chi connectivity index (χ0) is 11.3. The molecule has 0 saturated heterocycles. The minimum absolute atomic E-state index is 0.461. The van der Waals surface area contributed by atoms with Crippen molar-refractivity contribution in [2.45, 2.75) is 20.8 Å². The molecule has 0 bridgehead atoms. The van der Waals surface area contributed by atoms with E-state index in [1.54, 1.807) is 6.08 Å². The lowest BCUT2D eigenvalue weighted by atomic mass is 10.3. The molecule has 1 heterocycles. The number of hydrogen-bond acceptors (Lipinski definition) is 4. The third kappa shape index (κ3) is 2.94. The van der Waals surface area contributed by atoms with Gasteiger partial charge in [-0.3, -0.25) is 0 Å².